The van der Waals surface area contributed by atoms with Gasteiger partial charge in [-0.15, -0.1) is 35.3 Å². The van der Waals surface area contributed by atoms with Gasteiger partial charge in [0.15, 0.2) is 0 Å². The van der Waals surface area contributed by atoms with Gasteiger partial charge in [-0.25, -0.2) is 0 Å². The Balaban J connectivity index is 2.74. The van der Waals surface area contributed by atoms with Gasteiger partial charge < -0.3 is 4.90 Å². The Morgan fingerprint density at radius 1 is 1.73 bits per heavy atom. The fourth-order valence-electron chi connectivity index (χ4n) is 1.22. The monoisotopic (exact) mass is 262 g/mol. The third kappa shape index (κ3) is 2.77. The predicted octanol–water partition coefficient (Wildman–Crippen LogP) is 1.85. The highest BCUT2D eigenvalue weighted by molar-refractivity contribution is 8.29. The van der Waals surface area contributed by atoms with Crippen LogP contribution < -0.4 is 0 Å². The smallest absolute Gasteiger partial charge is 0.263 e. The SMILES string of the molecule is CCSC1CSC(C#N)(C(=O)N(C)C)S1. The van der Waals surface area contributed by atoms with Gasteiger partial charge in [-0.05, 0) is 5.75 Å². The molecule has 0 aromatic heterocycles. The van der Waals surface area contributed by atoms with Crippen molar-refractivity contribution < 1.29 is 4.79 Å². The molecule has 84 valence electrons. The van der Waals surface area contributed by atoms with Gasteiger partial charge >= 0.3 is 0 Å². The minimum Gasteiger partial charge on any atom is -0.346 e. The maximum Gasteiger partial charge on any atom is 0.263 e. The average Bonchev–Trinajstić information content (AvgIpc) is 2.62. The van der Waals surface area contributed by atoms with Crippen LogP contribution in [0.15, 0.2) is 0 Å². The van der Waals surface area contributed by atoms with Gasteiger partial charge in [0.25, 0.3) is 5.91 Å². The largest absolute Gasteiger partial charge is 0.346 e. The molecular weight excluding hydrogens is 248 g/mol. The number of hydrogen-bond acceptors (Lipinski definition) is 5. The van der Waals surface area contributed by atoms with Crippen molar-refractivity contribution in [3.05, 3.63) is 0 Å². The van der Waals surface area contributed by atoms with E-state index >= 15 is 0 Å². The molecule has 0 radical (unpaired) electrons. The van der Waals surface area contributed by atoms with Crippen LogP contribution in [-0.4, -0.2) is 45.1 Å². The summed E-state index contributed by atoms with van der Waals surface area (Å²) in [4.78, 5) is 13.4. The molecule has 2 unspecified atom stereocenters. The lowest BCUT2D eigenvalue weighted by molar-refractivity contribution is -0.127. The lowest BCUT2D eigenvalue weighted by Crippen LogP contribution is -2.38. The summed E-state index contributed by atoms with van der Waals surface area (Å²) < 4.78 is -0.542. The number of amides is 1. The zero-order valence-electron chi connectivity index (χ0n) is 9.02. The Morgan fingerprint density at radius 3 is 2.87 bits per heavy atom. The fraction of sp³-hybridized carbons (Fsp3) is 0.778. The molecule has 0 saturated carbocycles. The van der Waals surface area contributed by atoms with Gasteiger partial charge in [0.1, 0.15) is 6.07 Å². The second-order valence-electron chi connectivity index (χ2n) is 3.24. The van der Waals surface area contributed by atoms with Crippen molar-refractivity contribution in [1.29, 1.82) is 5.26 Å². The van der Waals surface area contributed by atoms with E-state index in [-0.39, 0.29) is 5.91 Å². The van der Waals surface area contributed by atoms with E-state index in [4.69, 9.17) is 0 Å². The van der Waals surface area contributed by atoms with Crippen LogP contribution in [0.2, 0.25) is 0 Å². The lowest BCUT2D eigenvalue weighted by Gasteiger charge is -2.22. The zero-order chi connectivity index (χ0) is 11.5. The number of rotatable bonds is 3. The molecule has 15 heavy (non-hydrogen) atoms. The van der Waals surface area contributed by atoms with Gasteiger partial charge in [-0.3, -0.25) is 4.79 Å². The Labute approximate surface area is 103 Å². The number of nitrogens with zero attached hydrogens (tertiary/aromatic N) is 2. The van der Waals surface area contributed by atoms with E-state index in [2.05, 4.69) is 13.0 Å². The van der Waals surface area contributed by atoms with Crippen molar-refractivity contribution in [2.45, 2.75) is 15.6 Å². The molecular formula is C9H14N2OS3. The molecule has 0 aromatic carbocycles. The van der Waals surface area contributed by atoms with Gasteiger partial charge in [0.2, 0.25) is 4.08 Å². The van der Waals surface area contributed by atoms with E-state index in [0.717, 1.165) is 11.5 Å². The van der Waals surface area contributed by atoms with Crippen LogP contribution >= 0.6 is 35.3 Å². The summed E-state index contributed by atoms with van der Waals surface area (Å²) in [7, 11) is 3.39. The van der Waals surface area contributed by atoms with Crippen molar-refractivity contribution in [2.75, 3.05) is 25.6 Å². The van der Waals surface area contributed by atoms with Crippen molar-refractivity contribution in [1.82, 2.24) is 4.90 Å². The van der Waals surface area contributed by atoms with Crippen molar-refractivity contribution >= 4 is 41.2 Å². The van der Waals surface area contributed by atoms with Crippen LogP contribution in [-0.2, 0) is 4.79 Å². The molecule has 1 heterocycles. The maximum absolute atomic E-state index is 11.9. The number of hydrogen-bond donors (Lipinski definition) is 0. The molecule has 0 N–H and O–H groups in total. The summed E-state index contributed by atoms with van der Waals surface area (Å²) in [6.07, 6.45) is 0. The fourth-order valence-corrected chi connectivity index (χ4v) is 6.23. The minimum absolute atomic E-state index is 0.0980. The molecule has 0 aliphatic carbocycles. The van der Waals surface area contributed by atoms with Gasteiger partial charge in [0, 0.05) is 19.8 Å². The lowest BCUT2D eigenvalue weighted by atomic mass is 10.4. The zero-order valence-corrected chi connectivity index (χ0v) is 11.5. The highest BCUT2D eigenvalue weighted by atomic mass is 32.2. The van der Waals surface area contributed by atoms with Crippen molar-refractivity contribution in [2.24, 2.45) is 0 Å². The normalized spacial score (nSPS) is 29.9. The van der Waals surface area contributed by atoms with E-state index in [9.17, 15) is 10.1 Å². The van der Waals surface area contributed by atoms with E-state index in [1.165, 1.54) is 28.4 Å². The Morgan fingerprint density at radius 2 is 2.40 bits per heavy atom. The second-order valence-corrected chi connectivity index (χ2v) is 7.93. The second kappa shape index (κ2) is 5.37. The first kappa shape index (κ1) is 13.1. The van der Waals surface area contributed by atoms with Crippen LogP contribution in [0.5, 0.6) is 0 Å². The summed E-state index contributed by atoms with van der Waals surface area (Å²) in [5.74, 6) is 1.80. The van der Waals surface area contributed by atoms with Crippen molar-refractivity contribution in [3.63, 3.8) is 0 Å². The molecule has 1 amide bonds. The van der Waals surface area contributed by atoms with E-state index < -0.39 is 4.08 Å². The predicted molar refractivity (Wildman–Crippen MR) is 69.0 cm³/mol. The first-order valence-electron chi connectivity index (χ1n) is 4.62. The number of carbonyl (C=O) groups excluding carboxylic acids is 1. The molecule has 1 fully saturated rings. The minimum atomic E-state index is -0.906. The maximum atomic E-state index is 11.9. The first-order valence-corrected chi connectivity index (χ1v) is 7.53. The van der Waals surface area contributed by atoms with Crippen LogP contribution in [0.4, 0.5) is 0 Å². The van der Waals surface area contributed by atoms with Crippen LogP contribution in [0.3, 0.4) is 0 Å². The quantitative estimate of drug-likeness (QED) is 0.776. The molecule has 1 rings (SSSR count). The van der Waals surface area contributed by atoms with E-state index in [1.807, 2.05) is 0 Å². The van der Waals surface area contributed by atoms with Gasteiger partial charge in [0.05, 0.1) is 4.58 Å². The molecule has 2 atom stereocenters. The molecule has 1 aliphatic heterocycles. The van der Waals surface area contributed by atoms with Crippen molar-refractivity contribution in [3.8, 4) is 6.07 Å². The van der Waals surface area contributed by atoms with Gasteiger partial charge in [-0.1, -0.05) is 6.92 Å². The van der Waals surface area contributed by atoms with E-state index in [1.54, 1.807) is 25.9 Å². The summed E-state index contributed by atoms with van der Waals surface area (Å²) >= 11 is 4.76. The summed E-state index contributed by atoms with van der Waals surface area (Å²) in [6.45, 7) is 2.09. The highest BCUT2D eigenvalue weighted by Crippen LogP contribution is 2.51. The van der Waals surface area contributed by atoms with Gasteiger partial charge in [-0.2, -0.15) is 5.26 Å². The van der Waals surface area contributed by atoms with E-state index in [0.29, 0.717) is 4.58 Å². The summed E-state index contributed by atoms with van der Waals surface area (Å²) in [5.41, 5.74) is 0. The average molecular weight is 262 g/mol. The molecule has 6 heteroatoms. The Kier molecular flexibility index (Phi) is 4.68. The molecule has 0 bridgehead atoms. The molecule has 0 spiro atoms. The van der Waals surface area contributed by atoms with Crippen LogP contribution in [0.1, 0.15) is 6.92 Å². The third-order valence-electron chi connectivity index (χ3n) is 1.91. The highest BCUT2D eigenvalue weighted by Gasteiger charge is 2.48. The molecule has 0 aromatic rings. The van der Waals surface area contributed by atoms with Crippen LogP contribution in [0, 0.1) is 11.3 Å². The number of nitriles is 1. The topological polar surface area (TPSA) is 44.1 Å². The van der Waals surface area contributed by atoms with Crippen LogP contribution in [0.25, 0.3) is 0 Å². The molecule has 3 nitrogen and oxygen atoms in total. The Hall–Kier alpha value is 0.01000. The molecule has 1 saturated heterocycles. The summed E-state index contributed by atoms with van der Waals surface area (Å²) in [5, 5.41) is 9.17. The third-order valence-corrected chi connectivity index (χ3v) is 6.74. The summed E-state index contributed by atoms with van der Waals surface area (Å²) in [6, 6.07) is 2.17. The Bertz CT molecular complexity index is 290. The number of thioether (sulfide) groups is 3. The first-order chi connectivity index (χ1) is 7.05. The molecule has 1 aliphatic rings. The number of carbonyl (C=O) groups is 1. The standard InChI is InChI=1S/C9H14N2OS3/c1-4-13-7-5-14-9(6-10,15-7)8(12)11(2)3/h7H,4-5H2,1-3H3.